The summed E-state index contributed by atoms with van der Waals surface area (Å²) in [6.07, 6.45) is 9.06. The van der Waals surface area contributed by atoms with Gasteiger partial charge in [0.05, 0.1) is 0 Å². The molecule has 3 fully saturated rings. The van der Waals surface area contributed by atoms with E-state index < -0.39 is 0 Å². The molecule has 0 aromatic carbocycles. The SMILES string of the molecule is CC(C)C(=O)N(CCCN1CCCC1)C1CCCN(C(=O)C2CCC2)C1. The van der Waals surface area contributed by atoms with Crippen molar-refractivity contribution in [1.29, 1.82) is 0 Å². The number of hydrogen-bond donors (Lipinski definition) is 0. The molecule has 2 saturated heterocycles. The van der Waals surface area contributed by atoms with Crippen molar-refractivity contribution in [2.24, 2.45) is 11.8 Å². The highest BCUT2D eigenvalue weighted by Gasteiger charge is 2.35. The van der Waals surface area contributed by atoms with E-state index >= 15 is 0 Å². The minimum absolute atomic E-state index is 0.0273. The molecular formula is C21H37N3O2. The van der Waals surface area contributed by atoms with Crippen LogP contribution in [0.25, 0.3) is 0 Å². The van der Waals surface area contributed by atoms with Crippen molar-refractivity contribution >= 4 is 11.8 Å². The zero-order valence-electron chi connectivity index (χ0n) is 16.8. The molecule has 2 aliphatic heterocycles. The lowest BCUT2D eigenvalue weighted by atomic mass is 9.84. The molecule has 1 unspecified atom stereocenters. The zero-order valence-corrected chi connectivity index (χ0v) is 16.8. The van der Waals surface area contributed by atoms with Gasteiger partial charge in [0.25, 0.3) is 0 Å². The maximum Gasteiger partial charge on any atom is 0.225 e. The summed E-state index contributed by atoms with van der Waals surface area (Å²) in [4.78, 5) is 32.2. The van der Waals surface area contributed by atoms with Gasteiger partial charge >= 0.3 is 0 Å². The quantitative estimate of drug-likeness (QED) is 0.699. The third-order valence-electron chi connectivity index (χ3n) is 6.45. The number of carbonyl (C=O) groups excluding carboxylic acids is 2. The molecule has 5 heteroatoms. The number of carbonyl (C=O) groups is 2. The third kappa shape index (κ3) is 4.79. The monoisotopic (exact) mass is 363 g/mol. The van der Waals surface area contributed by atoms with Crippen LogP contribution in [0.3, 0.4) is 0 Å². The highest BCUT2D eigenvalue weighted by molar-refractivity contribution is 5.80. The Morgan fingerprint density at radius 2 is 1.73 bits per heavy atom. The molecule has 148 valence electrons. The molecule has 0 radical (unpaired) electrons. The normalized spacial score (nSPS) is 24.7. The minimum Gasteiger partial charge on any atom is -0.340 e. The van der Waals surface area contributed by atoms with Crippen LogP contribution in [-0.4, -0.2) is 71.8 Å². The van der Waals surface area contributed by atoms with Gasteiger partial charge in [0.1, 0.15) is 0 Å². The average molecular weight is 364 g/mol. The van der Waals surface area contributed by atoms with Crippen LogP contribution in [0, 0.1) is 11.8 Å². The van der Waals surface area contributed by atoms with Crippen LogP contribution in [0.2, 0.25) is 0 Å². The van der Waals surface area contributed by atoms with E-state index in [0.29, 0.717) is 5.91 Å². The summed E-state index contributed by atoms with van der Waals surface area (Å²) in [5, 5.41) is 0. The smallest absolute Gasteiger partial charge is 0.225 e. The van der Waals surface area contributed by atoms with Crippen molar-refractivity contribution in [2.75, 3.05) is 39.3 Å². The van der Waals surface area contributed by atoms with E-state index in [1.54, 1.807) is 0 Å². The maximum atomic E-state index is 12.9. The van der Waals surface area contributed by atoms with Crippen molar-refractivity contribution in [3.05, 3.63) is 0 Å². The van der Waals surface area contributed by atoms with Gasteiger partial charge in [-0.05, 0) is 64.6 Å². The topological polar surface area (TPSA) is 43.9 Å². The van der Waals surface area contributed by atoms with Gasteiger partial charge in [0, 0.05) is 37.5 Å². The fraction of sp³-hybridized carbons (Fsp3) is 0.905. The van der Waals surface area contributed by atoms with E-state index in [1.165, 1.54) is 32.4 Å². The Morgan fingerprint density at radius 1 is 1.00 bits per heavy atom. The number of likely N-dealkylation sites (tertiary alicyclic amines) is 2. The fourth-order valence-corrected chi connectivity index (χ4v) is 4.60. The van der Waals surface area contributed by atoms with Gasteiger partial charge in [-0.2, -0.15) is 0 Å². The molecule has 0 aromatic heterocycles. The van der Waals surface area contributed by atoms with Crippen molar-refractivity contribution < 1.29 is 9.59 Å². The highest BCUT2D eigenvalue weighted by Crippen LogP contribution is 2.30. The maximum absolute atomic E-state index is 12.9. The second-order valence-corrected chi connectivity index (χ2v) is 8.80. The Hall–Kier alpha value is -1.10. The minimum atomic E-state index is 0.0273. The molecule has 2 heterocycles. The predicted molar refractivity (Wildman–Crippen MR) is 104 cm³/mol. The molecule has 26 heavy (non-hydrogen) atoms. The summed E-state index contributed by atoms with van der Waals surface area (Å²) in [5.41, 5.74) is 0. The Morgan fingerprint density at radius 3 is 2.35 bits per heavy atom. The Kier molecular flexibility index (Phi) is 6.96. The lowest BCUT2D eigenvalue weighted by Gasteiger charge is -2.42. The van der Waals surface area contributed by atoms with Crippen LogP contribution in [0.4, 0.5) is 0 Å². The fourth-order valence-electron chi connectivity index (χ4n) is 4.60. The second-order valence-electron chi connectivity index (χ2n) is 8.80. The molecule has 2 amide bonds. The van der Waals surface area contributed by atoms with Crippen molar-refractivity contribution in [2.45, 2.75) is 71.3 Å². The number of hydrogen-bond acceptors (Lipinski definition) is 3. The van der Waals surface area contributed by atoms with E-state index in [-0.39, 0.29) is 23.8 Å². The second kappa shape index (κ2) is 9.20. The number of rotatable bonds is 7. The first kappa shape index (κ1) is 19.7. The largest absolute Gasteiger partial charge is 0.340 e. The molecule has 1 aliphatic carbocycles. The van der Waals surface area contributed by atoms with Crippen LogP contribution >= 0.6 is 0 Å². The summed E-state index contributed by atoms with van der Waals surface area (Å²) in [6.45, 7) is 9.98. The van der Waals surface area contributed by atoms with Crippen LogP contribution in [0.1, 0.15) is 65.2 Å². The van der Waals surface area contributed by atoms with Crippen LogP contribution < -0.4 is 0 Å². The van der Waals surface area contributed by atoms with E-state index in [4.69, 9.17) is 0 Å². The summed E-state index contributed by atoms with van der Waals surface area (Å²) in [7, 11) is 0. The van der Waals surface area contributed by atoms with Gasteiger partial charge in [-0.25, -0.2) is 0 Å². The first-order valence-corrected chi connectivity index (χ1v) is 10.9. The van der Waals surface area contributed by atoms with Crippen LogP contribution in [0.15, 0.2) is 0 Å². The Balaban J connectivity index is 1.56. The average Bonchev–Trinajstić information content (AvgIpc) is 3.10. The number of piperidine rings is 1. The number of nitrogens with zero attached hydrogens (tertiary/aromatic N) is 3. The van der Waals surface area contributed by atoms with Crippen LogP contribution in [0.5, 0.6) is 0 Å². The summed E-state index contributed by atoms with van der Waals surface area (Å²) < 4.78 is 0. The molecule has 1 atom stereocenters. The Labute approximate surface area is 159 Å². The van der Waals surface area contributed by atoms with Gasteiger partial charge in [-0.15, -0.1) is 0 Å². The van der Waals surface area contributed by atoms with Gasteiger partial charge in [0.2, 0.25) is 11.8 Å². The van der Waals surface area contributed by atoms with Crippen LogP contribution in [-0.2, 0) is 9.59 Å². The lowest BCUT2D eigenvalue weighted by Crippen LogP contribution is -2.54. The summed E-state index contributed by atoms with van der Waals surface area (Å²) in [6, 6.07) is 0.209. The first-order chi connectivity index (χ1) is 12.6. The third-order valence-corrected chi connectivity index (χ3v) is 6.45. The summed E-state index contributed by atoms with van der Waals surface area (Å²) in [5.74, 6) is 0.891. The molecule has 0 N–H and O–H groups in total. The van der Waals surface area contributed by atoms with Gasteiger partial charge in [-0.1, -0.05) is 20.3 Å². The van der Waals surface area contributed by atoms with E-state index in [9.17, 15) is 9.59 Å². The van der Waals surface area contributed by atoms with Crippen molar-refractivity contribution in [3.8, 4) is 0 Å². The molecule has 3 aliphatic rings. The molecular weight excluding hydrogens is 326 g/mol. The standard InChI is InChI=1S/C21H37N3O2/c1-17(2)20(25)24(15-7-13-22-11-3-4-12-22)19-10-6-14-23(16-19)21(26)18-8-5-9-18/h17-19H,3-16H2,1-2H3. The molecule has 0 aromatic rings. The Bertz CT molecular complexity index is 484. The molecule has 5 nitrogen and oxygen atoms in total. The highest BCUT2D eigenvalue weighted by atomic mass is 16.2. The van der Waals surface area contributed by atoms with Crippen molar-refractivity contribution in [1.82, 2.24) is 14.7 Å². The van der Waals surface area contributed by atoms with E-state index in [0.717, 1.165) is 58.3 Å². The van der Waals surface area contributed by atoms with Gasteiger partial charge in [0.15, 0.2) is 0 Å². The van der Waals surface area contributed by atoms with E-state index in [1.807, 2.05) is 13.8 Å². The lowest BCUT2D eigenvalue weighted by molar-refractivity contribution is -0.145. The molecule has 0 bridgehead atoms. The summed E-state index contributed by atoms with van der Waals surface area (Å²) >= 11 is 0. The molecule has 3 rings (SSSR count). The first-order valence-electron chi connectivity index (χ1n) is 10.9. The zero-order chi connectivity index (χ0) is 18.5. The molecule has 0 spiro atoms. The van der Waals surface area contributed by atoms with Crippen molar-refractivity contribution in [3.63, 3.8) is 0 Å². The number of amides is 2. The molecule has 1 saturated carbocycles. The van der Waals surface area contributed by atoms with E-state index in [2.05, 4.69) is 14.7 Å². The predicted octanol–water partition coefficient (Wildman–Crippen LogP) is 2.75. The van der Waals surface area contributed by atoms with Gasteiger partial charge < -0.3 is 14.7 Å². The van der Waals surface area contributed by atoms with Gasteiger partial charge in [-0.3, -0.25) is 9.59 Å².